The van der Waals surface area contributed by atoms with E-state index in [2.05, 4.69) is 15.5 Å². The lowest BCUT2D eigenvalue weighted by atomic mass is 10.1. The topological polar surface area (TPSA) is 68.0 Å². The van der Waals surface area contributed by atoms with Crippen LogP contribution in [-0.4, -0.2) is 22.1 Å². The van der Waals surface area contributed by atoms with Crippen molar-refractivity contribution < 1.29 is 9.32 Å². The standard InChI is InChI=1S/C18H14ClN3O2/c19-14-7-5-11(6-8-14)16-21-18(24-22-16)13-3-1-12(2-4-13)17(23)20-15-9-10-15/h1-8,15H,9-10H2,(H,20,23). The van der Waals surface area contributed by atoms with Gasteiger partial charge in [0.15, 0.2) is 0 Å². The van der Waals surface area contributed by atoms with Gasteiger partial charge in [-0.15, -0.1) is 0 Å². The van der Waals surface area contributed by atoms with Crippen LogP contribution in [-0.2, 0) is 0 Å². The summed E-state index contributed by atoms with van der Waals surface area (Å²) in [5, 5.41) is 7.60. The molecule has 1 fully saturated rings. The van der Waals surface area contributed by atoms with Gasteiger partial charge in [0.05, 0.1) is 0 Å². The van der Waals surface area contributed by atoms with E-state index in [0.717, 1.165) is 24.0 Å². The fourth-order valence-corrected chi connectivity index (χ4v) is 2.44. The second kappa shape index (κ2) is 6.09. The molecule has 0 saturated heterocycles. The van der Waals surface area contributed by atoms with E-state index in [1.807, 2.05) is 12.1 Å². The van der Waals surface area contributed by atoms with Crippen molar-refractivity contribution in [1.82, 2.24) is 15.5 Å². The third-order valence-corrected chi connectivity index (χ3v) is 4.09. The lowest BCUT2D eigenvalue weighted by molar-refractivity contribution is 0.0951. The highest BCUT2D eigenvalue weighted by Crippen LogP contribution is 2.24. The van der Waals surface area contributed by atoms with Crippen LogP contribution in [0.5, 0.6) is 0 Å². The molecule has 0 atom stereocenters. The molecule has 2 aromatic carbocycles. The van der Waals surface area contributed by atoms with Crippen molar-refractivity contribution in [3.63, 3.8) is 0 Å². The molecule has 3 aromatic rings. The molecule has 0 spiro atoms. The smallest absolute Gasteiger partial charge is 0.258 e. The van der Waals surface area contributed by atoms with Crippen LogP contribution in [0.4, 0.5) is 0 Å². The maximum absolute atomic E-state index is 12.0. The van der Waals surface area contributed by atoms with Gasteiger partial charge in [-0.25, -0.2) is 0 Å². The maximum atomic E-state index is 12.0. The Morgan fingerprint density at radius 2 is 1.71 bits per heavy atom. The van der Waals surface area contributed by atoms with E-state index < -0.39 is 0 Å². The second-order valence-corrected chi connectivity index (χ2v) is 6.19. The molecule has 120 valence electrons. The number of hydrogen-bond acceptors (Lipinski definition) is 4. The molecule has 0 bridgehead atoms. The van der Waals surface area contributed by atoms with Crippen molar-refractivity contribution >= 4 is 17.5 Å². The average molecular weight is 340 g/mol. The van der Waals surface area contributed by atoms with E-state index in [1.54, 1.807) is 36.4 Å². The first-order valence-corrected chi connectivity index (χ1v) is 8.08. The molecule has 1 saturated carbocycles. The van der Waals surface area contributed by atoms with Gasteiger partial charge >= 0.3 is 0 Å². The van der Waals surface area contributed by atoms with Gasteiger partial charge in [0.2, 0.25) is 5.82 Å². The lowest BCUT2D eigenvalue weighted by Crippen LogP contribution is -2.25. The number of halogens is 1. The molecule has 4 rings (SSSR count). The van der Waals surface area contributed by atoms with Crippen molar-refractivity contribution in [2.24, 2.45) is 0 Å². The van der Waals surface area contributed by atoms with Crippen LogP contribution in [0.1, 0.15) is 23.2 Å². The van der Waals surface area contributed by atoms with Crippen molar-refractivity contribution in [3.8, 4) is 22.8 Å². The van der Waals surface area contributed by atoms with Gasteiger partial charge in [0.1, 0.15) is 0 Å². The number of amides is 1. The second-order valence-electron chi connectivity index (χ2n) is 5.76. The third kappa shape index (κ3) is 3.16. The minimum Gasteiger partial charge on any atom is -0.349 e. The van der Waals surface area contributed by atoms with Crippen LogP contribution in [0.15, 0.2) is 53.1 Å². The molecule has 5 nitrogen and oxygen atoms in total. The molecule has 24 heavy (non-hydrogen) atoms. The zero-order valence-electron chi connectivity index (χ0n) is 12.7. The van der Waals surface area contributed by atoms with Crippen molar-refractivity contribution in [2.45, 2.75) is 18.9 Å². The quantitative estimate of drug-likeness (QED) is 0.781. The number of nitrogens with one attached hydrogen (secondary N) is 1. The predicted molar refractivity (Wildman–Crippen MR) is 90.7 cm³/mol. The SMILES string of the molecule is O=C(NC1CC1)c1ccc(-c2nc(-c3ccc(Cl)cc3)no2)cc1. The van der Waals surface area contributed by atoms with Crippen LogP contribution < -0.4 is 5.32 Å². The molecule has 1 N–H and O–H groups in total. The minimum absolute atomic E-state index is 0.0450. The van der Waals surface area contributed by atoms with Gasteiger partial charge in [-0.2, -0.15) is 4.98 Å². The Hall–Kier alpha value is -2.66. The fourth-order valence-electron chi connectivity index (χ4n) is 2.32. The summed E-state index contributed by atoms with van der Waals surface area (Å²) in [4.78, 5) is 16.4. The summed E-state index contributed by atoms with van der Waals surface area (Å²) in [5.74, 6) is 0.864. The number of carbonyl (C=O) groups excluding carboxylic acids is 1. The normalized spacial score (nSPS) is 13.7. The molecule has 1 amide bonds. The molecule has 0 unspecified atom stereocenters. The summed E-state index contributed by atoms with van der Waals surface area (Å²) in [6, 6.07) is 14.7. The number of carbonyl (C=O) groups is 1. The lowest BCUT2D eigenvalue weighted by Gasteiger charge is -2.03. The fraction of sp³-hybridized carbons (Fsp3) is 0.167. The molecular formula is C18H14ClN3O2. The first-order valence-electron chi connectivity index (χ1n) is 7.70. The first-order chi connectivity index (χ1) is 11.7. The summed E-state index contributed by atoms with van der Waals surface area (Å²) < 4.78 is 5.32. The Balaban J connectivity index is 1.53. The summed E-state index contributed by atoms with van der Waals surface area (Å²) in [7, 11) is 0. The Bertz CT molecular complexity index is 868. The van der Waals surface area contributed by atoms with Gasteiger partial charge < -0.3 is 9.84 Å². The molecule has 1 aliphatic rings. The average Bonchev–Trinajstić information content (AvgIpc) is 3.28. The Morgan fingerprint density at radius 3 is 2.38 bits per heavy atom. The third-order valence-electron chi connectivity index (χ3n) is 3.84. The number of hydrogen-bond donors (Lipinski definition) is 1. The predicted octanol–water partition coefficient (Wildman–Crippen LogP) is 3.95. The van der Waals surface area contributed by atoms with Crippen molar-refractivity contribution in [1.29, 1.82) is 0 Å². The number of benzene rings is 2. The van der Waals surface area contributed by atoms with E-state index in [0.29, 0.717) is 28.3 Å². The van der Waals surface area contributed by atoms with Crippen molar-refractivity contribution in [3.05, 3.63) is 59.1 Å². The Morgan fingerprint density at radius 1 is 1.04 bits per heavy atom. The molecule has 1 aliphatic carbocycles. The summed E-state index contributed by atoms with van der Waals surface area (Å²) in [6.45, 7) is 0. The Kier molecular flexibility index (Phi) is 3.78. The molecule has 0 aliphatic heterocycles. The highest BCUT2D eigenvalue weighted by Gasteiger charge is 2.23. The zero-order valence-corrected chi connectivity index (χ0v) is 13.5. The first kappa shape index (κ1) is 14.9. The number of nitrogens with zero attached hydrogens (tertiary/aromatic N) is 2. The van der Waals surface area contributed by atoms with Gasteiger partial charge in [-0.1, -0.05) is 16.8 Å². The van der Waals surface area contributed by atoms with Crippen LogP contribution in [0.2, 0.25) is 5.02 Å². The van der Waals surface area contributed by atoms with E-state index in [4.69, 9.17) is 16.1 Å². The highest BCUT2D eigenvalue weighted by atomic mass is 35.5. The summed E-state index contributed by atoms with van der Waals surface area (Å²) >= 11 is 5.88. The molecular weight excluding hydrogens is 326 g/mol. The highest BCUT2D eigenvalue weighted by molar-refractivity contribution is 6.30. The summed E-state index contributed by atoms with van der Waals surface area (Å²) in [5.41, 5.74) is 2.23. The molecule has 6 heteroatoms. The van der Waals surface area contributed by atoms with E-state index in [9.17, 15) is 4.79 Å². The van der Waals surface area contributed by atoms with E-state index >= 15 is 0 Å². The van der Waals surface area contributed by atoms with Crippen LogP contribution in [0.25, 0.3) is 22.8 Å². The zero-order chi connectivity index (χ0) is 16.5. The van der Waals surface area contributed by atoms with Crippen LogP contribution >= 0.6 is 11.6 Å². The van der Waals surface area contributed by atoms with Gasteiger partial charge in [0.25, 0.3) is 11.8 Å². The largest absolute Gasteiger partial charge is 0.349 e. The van der Waals surface area contributed by atoms with Crippen LogP contribution in [0, 0.1) is 0 Å². The van der Waals surface area contributed by atoms with Crippen LogP contribution in [0.3, 0.4) is 0 Å². The summed E-state index contributed by atoms with van der Waals surface area (Å²) in [6.07, 6.45) is 2.14. The molecule has 1 heterocycles. The van der Waals surface area contributed by atoms with E-state index in [-0.39, 0.29) is 5.91 Å². The molecule has 0 radical (unpaired) electrons. The van der Waals surface area contributed by atoms with Crippen molar-refractivity contribution in [2.75, 3.05) is 0 Å². The number of rotatable bonds is 4. The Labute approximate surface area is 143 Å². The molecule has 1 aromatic heterocycles. The monoisotopic (exact) mass is 339 g/mol. The number of aromatic nitrogens is 2. The maximum Gasteiger partial charge on any atom is 0.258 e. The van der Waals surface area contributed by atoms with E-state index in [1.165, 1.54) is 0 Å². The minimum atomic E-state index is -0.0450. The van der Waals surface area contributed by atoms with Gasteiger partial charge in [0, 0.05) is 27.8 Å². The van der Waals surface area contributed by atoms with Gasteiger partial charge in [-0.3, -0.25) is 4.79 Å². The van der Waals surface area contributed by atoms with Gasteiger partial charge in [-0.05, 0) is 61.4 Å².